The molecule has 8 heteroatoms. The van der Waals surface area contributed by atoms with E-state index in [-0.39, 0.29) is 17.2 Å². The average molecular weight is 375 g/mol. The lowest BCUT2D eigenvalue weighted by Gasteiger charge is -2.44. The number of amides is 2. The van der Waals surface area contributed by atoms with Gasteiger partial charge in [0, 0.05) is 51.7 Å². The maximum Gasteiger partial charge on any atom is 0.230 e. The molecule has 3 fully saturated rings. The lowest BCUT2D eigenvalue weighted by molar-refractivity contribution is -0.150. The third-order valence-electron chi connectivity index (χ3n) is 6.31. The zero-order chi connectivity index (χ0) is 18.9. The lowest BCUT2D eigenvalue weighted by atomic mass is 9.77. The van der Waals surface area contributed by atoms with Gasteiger partial charge in [0.05, 0.1) is 5.41 Å². The smallest absolute Gasteiger partial charge is 0.230 e. The van der Waals surface area contributed by atoms with Gasteiger partial charge in [-0.15, -0.1) is 0 Å². The Hall–Kier alpha value is -1.96. The quantitative estimate of drug-likeness (QED) is 0.850. The van der Waals surface area contributed by atoms with Crippen molar-refractivity contribution in [3.8, 4) is 0 Å². The Balaban J connectivity index is 1.36. The van der Waals surface area contributed by atoms with E-state index < -0.39 is 0 Å². The van der Waals surface area contributed by atoms with Gasteiger partial charge >= 0.3 is 0 Å². The zero-order valence-corrected chi connectivity index (χ0v) is 16.1. The number of aromatic amines is 1. The molecular weight excluding hydrogens is 346 g/mol. The standard InChI is InChI=1S/C19H29N5O3/c1-14-20-16(22-21-14)3-4-17(25)23-10-8-19(13-23)7-2-9-24(18(19)26)15-5-11-27-12-6-15/h15H,2-13H2,1H3,(H,20,21,22)/t19-/m0/s1. The van der Waals surface area contributed by atoms with Crippen molar-refractivity contribution >= 4 is 11.8 Å². The van der Waals surface area contributed by atoms with E-state index in [1.165, 1.54) is 0 Å². The van der Waals surface area contributed by atoms with Gasteiger partial charge < -0.3 is 14.5 Å². The highest BCUT2D eigenvalue weighted by Crippen LogP contribution is 2.41. The monoisotopic (exact) mass is 375 g/mol. The van der Waals surface area contributed by atoms with Gasteiger partial charge in [-0.05, 0) is 39.0 Å². The zero-order valence-electron chi connectivity index (χ0n) is 16.1. The van der Waals surface area contributed by atoms with Crippen LogP contribution in [0.1, 0.15) is 50.2 Å². The highest BCUT2D eigenvalue weighted by molar-refractivity contribution is 5.86. The molecule has 4 rings (SSSR count). The Labute approximate surface area is 159 Å². The summed E-state index contributed by atoms with van der Waals surface area (Å²) in [4.78, 5) is 34.2. The van der Waals surface area contributed by atoms with E-state index in [4.69, 9.17) is 4.74 Å². The van der Waals surface area contributed by atoms with Gasteiger partial charge in [-0.2, -0.15) is 5.10 Å². The van der Waals surface area contributed by atoms with Crippen molar-refractivity contribution in [3.63, 3.8) is 0 Å². The van der Waals surface area contributed by atoms with Crippen molar-refractivity contribution in [1.82, 2.24) is 25.0 Å². The van der Waals surface area contributed by atoms with Gasteiger partial charge in [0.1, 0.15) is 5.82 Å². The molecule has 0 unspecified atom stereocenters. The molecular formula is C19H29N5O3. The van der Waals surface area contributed by atoms with Gasteiger partial charge in [0.15, 0.2) is 5.82 Å². The second kappa shape index (κ2) is 7.58. The van der Waals surface area contributed by atoms with Crippen molar-refractivity contribution < 1.29 is 14.3 Å². The molecule has 8 nitrogen and oxygen atoms in total. The van der Waals surface area contributed by atoms with Crippen molar-refractivity contribution in [2.75, 3.05) is 32.8 Å². The van der Waals surface area contributed by atoms with E-state index in [2.05, 4.69) is 20.1 Å². The van der Waals surface area contributed by atoms with Crippen LogP contribution in [0.2, 0.25) is 0 Å². The van der Waals surface area contributed by atoms with E-state index in [0.29, 0.717) is 37.8 Å². The molecule has 1 N–H and O–H groups in total. The molecule has 0 saturated carbocycles. The van der Waals surface area contributed by atoms with Crippen LogP contribution in [0.5, 0.6) is 0 Å². The first-order valence-corrected chi connectivity index (χ1v) is 10.1. The highest BCUT2D eigenvalue weighted by atomic mass is 16.5. The van der Waals surface area contributed by atoms with Crippen LogP contribution in [0.25, 0.3) is 0 Å². The second-order valence-electron chi connectivity index (χ2n) is 8.13. The summed E-state index contributed by atoms with van der Waals surface area (Å²) in [6.45, 7) is 5.43. The van der Waals surface area contributed by atoms with Crippen molar-refractivity contribution in [3.05, 3.63) is 11.6 Å². The van der Waals surface area contributed by atoms with Crippen molar-refractivity contribution in [2.24, 2.45) is 5.41 Å². The minimum atomic E-state index is -0.368. The Morgan fingerprint density at radius 3 is 2.85 bits per heavy atom. The fraction of sp³-hybridized carbons (Fsp3) is 0.789. The summed E-state index contributed by atoms with van der Waals surface area (Å²) >= 11 is 0. The summed E-state index contributed by atoms with van der Waals surface area (Å²) in [7, 11) is 0. The number of hydrogen-bond donors (Lipinski definition) is 1. The molecule has 1 aromatic heterocycles. The number of aryl methyl sites for hydroxylation is 2. The number of piperidine rings is 1. The number of nitrogens with zero attached hydrogens (tertiary/aromatic N) is 4. The van der Waals surface area contributed by atoms with Crippen LogP contribution in [0, 0.1) is 12.3 Å². The fourth-order valence-electron chi connectivity index (χ4n) is 4.79. The minimum Gasteiger partial charge on any atom is -0.381 e. The Morgan fingerprint density at radius 1 is 1.30 bits per heavy atom. The topological polar surface area (TPSA) is 91.4 Å². The minimum absolute atomic E-state index is 0.102. The van der Waals surface area contributed by atoms with Crippen LogP contribution in [0.15, 0.2) is 0 Å². The molecule has 1 atom stereocenters. The molecule has 148 valence electrons. The molecule has 1 aromatic rings. The first-order valence-electron chi connectivity index (χ1n) is 10.1. The maximum absolute atomic E-state index is 13.3. The first-order chi connectivity index (χ1) is 13.1. The predicted molar refractivity (Wildman–Crippen MR) is 97.9 cm³/mol. The first kappa shape index (κ1) is 18.4. The lowest BCUT2D eigenvalue weighted by Crippen LogP contribution is -2.55. The molecule has 3 saturated heterocycles. The molecule has 3 aliphatic rings. The van der Waals surface area contributed by atoms with E-state index in [1.807, 2.05) is 11.8 Å². The second-order valence-corrected chi connectivity index (χ2v) is 8.13. The largest absolute Gasteiger partial charge is 0.381 e. The summed E-state index contributed by atoms with van der Waals surface area (Å²) < 4.78 is 5.45. The molecule has 0 aliphatic carbocycles. The Kier molecular flexibility index (Phi) is 5.16. The third kappa shape index (κ3) is 3.72. The normalized spacial score (nSPS) is 26.9. The number of carbonyl (C=O) groups excluding carboxylic acids is 2. The molecule has 1 spiro atoms. The molecule has 4 heterocycles. The summed E-state index contributed by atoms with van der Waals surface area (Å²) in [6.07, 6.45) is 5.51. The predicted octanol–water partition coefficient (Wildman–Crippen LogP) is 1.07. The summed E-state index contributed by atoms with van der Waals surface area (Å²) in [5.41, 5.74) is -0.368. The van der Waals surface area contributed by atoms with Gasteiger partial charge in [-0.1, -0.05) is 0 Å². The summed E-state index contributed by atoms with van der Waals surface area (Å²) in [5, 5.41) is 6.90. The SMILES string of the molecule is Cc1nc(CCC(=O)N2CC[C@@]3(CCCN(C4CCOCC4)C3=O)C2)n[nH]1. The number of hydrogen-bond acceptors (Lipinski definition) is 5. The van der Waals surface area contributed by atoms with Crippen molar-refractivity contribution in [1.29, 1.82) is 0 Å². The van der Waals surface area contributed by atoms with Crippen LogP contribution in [0.3, 0.4) is 0 Å². The summed E-state index contributed by atoms with van der Waals surface area (Å²) in [5.74, 6) is 1.80. The number of likely N-dealkylation sites (tertiary alicyclic amines) is 2. The number of H-pyrrole nitrogens is 1. The molecule has 27 heavy (non-hydrogen) atoms. The highest BCUT2D eigenvalue weighted by Gasteiger charge is 2.50. The van der Waals surface area contributed by atoms with E-state index in [9.17, 15) is 9.59 Å². The summed E-state index contributed by atoms with van der Waals surface area (Å²) in [6, 6.07) is 0.308. The Bertz CT molecular complexity index is 699. The van der Waals surface area contributed by atoms with Gasteiger partial charge in [-0.3, -0.25) is 14.7 Å². The third-order valence-corrected chi connectivity index (χ3v) is 6.31. The van der Waals surface area contributed by atoms with Gasteiger partial charge in [0.25, 0.3) is 0 Å². The average Bonchev–Trinajstić information content (AvgIpc) is 3.30. The molecule has 0 bridgehead atoms. The van der Waals surface area contributed by atoms with Crippen LogP contribution in [-0.4, -0.2) is 75.7 Å². The van der Waals surface area contributed by atoms with Gasteiger partial charge in [0.2, 0.25) is 11.8 Å². The van der Waals surface area contributed by atoms with Crippen LogP contribution in [0.4, 0.5) is 0 Å². The maximum atomic E-state index is 13.3. The number of nitrogens with one attached hydrogen (secondary N) is 1. The molecule has 2 amide bonds. The van der Waals surface area contributed by atoms with Crippen LogP contribution >= 0.6 is 0 Å². The number of carbonyl (C=O) groups is 2. The fourth-order valence-corrected chi connectivity index (χ4v) is 4.79. The van der Waals surface area contributed by atoms with E-state index in [0.717, 1.165) is 57.7 Å². The molecule has 0 aromatic carbocycles. The molecule has 0 radical (unpaired) electrons. The number of aromatic nitrogens is 3. The van der Waals surface area contributed by atoms with Crippen molar-refractivity contribution in [2.45, 2.75) is 57.9 Å². The van der Waals surface area contributed by atoms with Crippen LogP contribution in [-0.2, 0) is 20.7 Å². The van der Waals surface area contributed by atoms with E-state index in [1.54, 1.807) is 0 Å². The number of ether oxygens (including phenoxy) is 1. The van der Waals surface area contributed by atoms with Gasteiger partial charge in [-0.25, -0.2) is 4.98 Å². The molecule has 3 aliphatic heterocycles. The number of rotatable bonds is 4. The Morgan fingerprint density at radius 2 is 2.11 bits per heavy atom. The van der Waals surface area contributed by atoms with Crippen LogP contribution < -0.4 is 0 Å². The van der Waals surface area contributed by atoms with E-state index >= 15 is 0 Å².